The molecule has 0 aliphatic carbocycles. The predicted octanol–water partition coefficient (Wildman–Crippen LogP) is 0.616. The summed E-state index contributed by atoms with van der Waals surface area (Å²) in [5.74, 6) is 0.486. The highest BCUT2D eigenvalue weighted by atomic mass is 32.2. The molecule has 20 heavy (non-hydrogen) atoms. The van der Waals surface area contributed by atoms with Gasteiger partial charge in [-0.25, -0.2) is 8.42 Å². The van der Waals surface area contributed by atoms with Crippen LogP contribution in [0.5, 0.6) is 5.75 Å². The first-order valence-electron chi connectivity index (χ1n) is 6.33. The molecule has 1 atom stereocenters. The molecule has 0 fully saturated rings. The van der Waals surface area contributed by atoms with Gasteiger partial charge >= 0.3 is 0 Å². The summed E-state index contributed by atoms with van der Waals surface area (Å²) >= 11 is 0. The third kappa shape index (κ3) is 2.89. The topological polar surface area (TPSA) is 92.9 Å². The summed E-state index contributed by atoms with van der Waals surface area (Å²) in [6.45, 7) is 3.96. The van der Waals surface area contributed by atoms with Gasteiger partial charge in [-0.15, -0.1) is 0 Å². The van der Waals surface area contributed by atoms with Crippen LogP contribution >= 0.6 is 0 Å². The highest BCUT2D eigenvalue weighted by molar-refractivity contribution is 7.92. The molecule has 7 heteroatoms. The molecular weight excluding hydrogens is 280 g/mol. The van der Waals surface area contributed by atoms with E-state index in [1.807, 2.05) is 13.8 Å². The minimum absolute atomic E-state index is 0.0734. The molecule has 0 amide bonds. The van der Waals surface area contributed by atoms with Gasteiger partial charge in [0.05, 0.1) is 24.6 Å². The molecule has 1 aliphatic heterocycles. The van der Waals surface area contributed by atoms with Crippen LogP contribution < -0.4 is 14.8 Å². The number of aliphatic hydroxyl groups excluding tert-OH is 1. The van der Waals surface area contributed by atoms with E-state index in [1.165, 1.54) is 4.31 Å². The Labute approximate surface area is 119 Å². The molecule has 0 bridgehead atoms. The molecule has 0 radical (unpaired) electrons. The molecule has 1 unspecified atom stereocenters. The number of aliphatic hydroxyl groups is 1. The molecule has 2 rings (SSSR count). The summed E-state index contributed by atoms with van der Waals surface area (Å²) in [6, 6.07) is 4.98. The number of nitrogens with zero attached hydrogens (tertiary/aromatic N) is 1. The maximum atomic E-state index is 12.0. The van der Waals surface area contributed by atoms with Gasteiger partial charge in [-0.3, -0.25) is 4.31 Å². The van der Waals surface area contributed by atoms with Crippen molar-refractivity contribution in [3.8, 4) is 5.75 Å². The van der Waals surface area contributed by atoms with Gasteiger partial charge in [-0.1, -0.05) is 6.07 Å². The lowest BCUT2D eigenvalue weighted by molar-refractivity contribution is 0.110. The van der Waals surface area contributed by atoms with E-state index in [0.29, 0.717) is 17.0 Å². The van der Waals surface area contributed by atoms with Crippen LogP contribution in [-0.4, -0.2) is 38.5 Å². The Morgan fingerprint density at radius 1 is 1.50 bits per heavy atom. The number of sulfonamides is 1. The van der Waals surface area contributed by atoms with E-state index in [-0.39, 0.29) is 13.1 Å². The van der Waals surface area contributed by atoms with Crippen molar-refractivity contribution in [2.75, 3.05) is 23.7 Å². The van der Waals surface area contributed by atoms with Crippen LogP contribution in [0.4, 0.5) is 5.69 Å². The second-order valence-corrected chi connectivity index (χ2v) is 7.52. The number of anilines is 1. The largest absolute Gasteiger partial charge is 0.484 e. The lowest BCUT2D eigenvalue weighted by Gasteiger charge is -2.39. The van der Waals surface area contributed by atoms with Crippen molar-refractivity contribution < 1.29 is 18.3 Å². The second kappa shape index (κ2) is 4.91. The molecule has 1 aromatic carbocycles. The molecule has 0 saturated carbocycles. The van der Waals surface area contributed by atoms with Crippen molar-refractivity contribution in [2.24, 2.45) is 5.73 Å². The number of fused-ring (bicyclic) bond motifs is 1. The maximum Gasteiger partial charge on any atom is 0.232 e. The van der Waals surface area contributed by atoms with Crippen LogP contribution in [0.2, 0.25) is 0 Å². The standard InChI is InChI=1S/C13H20N2O4S/c1-13(2)8-15(20(3,17)18)10-6-9(11(16)7-14)4-5-12(10)19-13/h4-6,11,16H,7-8,14H2,1-3H3. The van der Waals surface area contributed by atoms with Crippen molar-refractivity contribution >= 4 is 15.7 Å². The predicted molar refractivity (Wildman–Crippen MR) is 77.4 cm³/mol. The van der Waals surface area contributed by atoms with E-state index in [4.69, 9.17) is 10.5 Å². The minimum Gasteiger partial charge on any atom is -0.484 e. The number of hydrogen-bond donors (Lipinski definition) is 2. The highest BCUT2D eigenvalue weighted by Crippen LogP contribution is 2.39. The minimum atomic E-state index is -3.42. The summed E-state index contributed by atoms with van der Waals surface area (Å²) in [5, 5.41) is 9.79. The first kappa shape index (κ1) is 15.1. The van der Waals surface area contributed by atoms with Crippen molar-refractivity contribution in [2.45, 2.75) is 25.6 Å². The molecule has 6 nitrogen and oxygen atoms in total. The average molecular weight is 300 g/mol. The number of benzene rings is 1. The van der Waals surface area contributed by atoms with Crippen LogP contribution in [0, 0.1) is 0 Å². The van der Waals surface area contributed by atoms with Gasteiger partial charge in [0.2, 0.25) is 10.0 Å². The summed E-state index contributed by atoms with van der Waals surface area (Å²) in [7, 11) is -3.42. The van der Waals surface area contributed by atoms with Gasteiger partial charge in [0.25, 0.3) is 0 Å². The highest BCUT2D eigenvalue weighted by Gasteiger charge is 2.36. The Kier molecular flexibility index (Phi) is 3.70. The normalized spacial score (nSPS) is 19.1. The van der Waals surface area contributed by atoms with Gasteiger partial charge in [-0.2, -0.15) is 0 Å². The fraction of sp³-hybridized carbons (Fsp3) is 0.538. The van der Waals surface area contributed by atoms with Gasteiger partial charge in [-0.05, 0) is 31.5 Å². The Hall–Kier alpha value is -1.31. The fourth-order valence-corrected chi connectivity index (χ4v) is 3.26. The summed E-state index contributed by atoms with van der Waals surface area (Å²) < 4.78 is 31.0. The first-order chi connectivity index (χ1) is 9.14. The first-order valence-corrected chi connectivity index (χ1v) is 8.18. The van der Waals surface area contributed by atoms with Gasteiger partial charge in [0, 0.05) is 6.54 Å². The number of ether oxygens (including phenoxy) is 1. The second-order valence-electron chi connectivity index (χ2n) is 5.61. The van der Waals surface area contributed by atoms with E-state index in [9.17, 15) is 13.5 Å². The van der Waals surface area contributed by atoms with Gasteiger partial charge < -0.3 is 15.6 Å². The molecular formula is C13H20N2O4S. The molecule has 1 aromatic rings. The molecule has 3 N–H and O–H groups in total. The molecule has 112 valence electrons. The van der Waals surface area contributed by atoms with E-state index < -0.39 is 21.7 Å². The van der Waals surface area contributed by atoms with Crippen LogP contribution in [0.1, 0.15) is 25.5 Å². The van der Waals surface area contributed by atoms with E-state index >= 15 is 0 Å². The van der Waals surface area contributed by atoms with Crippen LogP contribution in [-0.2, 0) is 10.0 Å². The maximum absolute atomic E-state index is 12.0. The summed E-state index contributed by atoms with van der Waals surface area (Å²) in [6.07, 6.45) is 0.334. The summed E-state index contributed by atoms with van der Waals surface area (Å²) in [5.41, 5.74) is 5.84. The van der Waals surface area contributed by atoms with Crippen molar-refractivity contribution in [3.05, 3.63) is 23.8 Å². The quantitative estimate of drug-likeness (QED) is 0.853. The number of rotatable bonds is 3. The van der Waals surface area contributed by atoms with Crippen LogP contribution in [0.15, 0.2) is 18.2 Å². The zero-order valence-corrected chi connectivity index (χ0v) is 12.6. The molecule has 0 saturated heterocycles. The lowest BCUT2D eigenvalue weighted by atomic mass is 10.0. The smallest absolute Gasteiger partial charge is 0.232 e. The third-order valence-electron chi connectivity index (χ3n) is 3.17. The Balaban J connectivity index is 2.55. The van der Waals surface area contributed by atoms with Crippen molar-refractivity contribution in [1.29, 1.82) is 0 Å². The van der Waals surface area contributed by atoms with E-state index in [0.717, 1.165) is 6.26 Å². The zero-order chi connectivity index (χ0) is 15.1. The fourth-order valence-electron chi connectivity index (χ4n) is 2.22. The Morgan fingerprint density at radius 2 is 2.15 bits per heavy atom. The number of nitrogens with two attached hydrogens (primary N) is 1. The molecule has 1 heterocycles. The molecule has 1 aliphatic rings. The van der Waals surface area contributed by atoms with E-state index in [1.54, 1.807) is 18.2 Å². The average Bonchev–Trinajstić information content (AvgIpc) is 2.34. The molecule has 0 spiro atoms. The monoisotopic (exact) mass is 300 g/mol. The summed E-state index contributed by atoms with van der Waals surface area (Å²) in [4.78, 5) is 0. The number of hydrogen-bond acceptors (Lipinski definition) is 5. The van der Waals surface area contributed by atoms with Gasteiger partial charge in [0.1, 0.15) is 11.4 Å². The van der Waals surface area contributed by atoms with Crippen LogP contribution in [0.25, 0.3) is 0 Å². The van der Waals surface area contributed by atoms with Crippen molar-refractivity contribution in [1.82, 2.24) is 0 Å². The Bertz CT molecular complexity index is 613. The Morgan fingerprint density at radius 3 is 2.70 bits per heavy atom. The molecule has 0 aromatic heterocycles. The zero-order valence-electron chi connectivity index (χ0n) is 11.8. The SMILES string of the molecule is CC1(C)CN(S(C)(=O)=O)c2cc(C(O)CN)ccc2O1. The van der Waals surface area contributed by atoms with E-state index in [2.05, 4.69) is 0 Å². The van der Waals surface area contributed by atoms with Crippen molar-refractivity contribution in [3.63, 3.8) is 0 Å². The lowest BCUT2D eigenvalue weighted by Crippen LogP contribution is -2.49. The van der Waals surface area contributed by atoms with Crippen LogP contribution in [0.3, 0.4) is 0 Å². The van der Waals surface area contributed by atoms with Gasteiger partial charge in [0.15, 0.2) is 0 Å². The third-order valence-corrected chi connectivity index (χ3v) is 4.30.